The zero-order chi connectivity index (χ0) is 9.84. The van der Waals surface area contributed by atoms with Crippen molar-refractivity contribution in [3.63, 3.8) is 0 Å². The van der Waals surface area contributed by atoms with Crippen LogP contribution >= 0.6 is 11.6 Å². The lowest BCUT2D eigenvalue weighted by atomic mass is 9.97. The summed E-state index contributed by atoms with van der Waals surface area (Å²) in [6, 6.07) is 7.04. The molecule has 1 aromatic rings. The number of ketones is 1. The number of hydrogen-bond acceptors (Lipinski definition) is 1. The second-order valence-electron chi connectivity index (χ2n) is 3.18. The van der Waals surface area contributed by atoms with Crippen LogP contribution < -0.4 is 0 Å². The third-order valence-electron chi connectivity index (χ3n) is 2.19. The Hall–Kier alpha value is -0.820. The molecule has 70 valence electrons. The average Bonchev–Trinajstić information content (AvgIpc) is 2.17. The number of carbonyl (C=O) groups excluding carboxylic acids is 1. The quantitative estimate of drug-likeness (QED) is 0.676. The highest BCUT2D eigenvalue weighted by molar-refractivity contribution is 6.30. The summed E-state index contributed by atoms with van der Waals surface area (Å²) in [5.41, 5.74) is 0.749. The topological polar surface area (TPSA) is 17.1 Å². The Balaban J connectivity index is 2.83. The second kappa shape index (κ2) is 4.43. The lowest BCUT2D eigenvalue weighted by molar-refractivity contribution is 0.0927. The Kier molecular flexibility index (Phi) is 3.49. The van der Waals surface area contributed by atoms with E-state index < -0.39 is 0 Å². The summed E-state index contributed by atoms with van der Waals surface area (Å²) in [4.78, 5) is 11.6. The van der Waals surface area contributed by atoms with Crippen LogP contribution in [0.15, 0.2) is 24.3 Å². The Morgan fingerprint density at radius 2 is 1.92 bits per heavy atom. The van der Waals surface area contributed by atoms with Crippen molar-refractivity contribution in [3.05, 3.63) is 34.9 Å². The zero-order valence-electron chi connectivity index (χ0n) is 7.88. The number of halogens is 1. The van der Waals surface area contributed by atoms with E-state index in [1.165, 1.54) is 0 Å². The molecular formula is C11H13ClO. The van der Waals surface area contributed by atoms with Gasteiger partial charge in [-0.25, -0.2) is 0 Å². The highest BCUT2D eigenvalue weighted by Gasteiger charge is 2.12. The number of benzene rings is 1. The molecule has 1 rings (SSSR count). The van der Waals surface area contributed by atoms with Gasteiger partial charge in [0.1, 0.15) is 0 Å². The Morgan fingerprint density at radius 3 is 2.38 bits per heavy atom. The van der Waals surface area contributed by atoms with E-state index in [4.69, 9.17) is 11.6 Å². The van der Waals surface area contributed by atoms with Gasteiger partial charge in [-0.3, -0.25) is 4.79 Å². The molecule has 0 aliphatic carbocycles. The number of Topliss-reactive ketones (excluding diaryl/α,β-unsaturated/α-hetero) is 1. The van der Waals surface area contributed by atoms with E-state index >= 15 is 0 Å². The van der Waals surface area contributed by atoms with E-state index in [-0.39, 0.29) is 11.7 Å². The van der Waals surface area contributed by atoms with Crippen LogP contribution in [0.5, 0.6) is 0 Å². The van der Waals surface area contributed by atoms with Crippen molar-refractivity contribution in [1.29, 1.82) is 0 Å². The minimum Gasteiger partial charge on any atom is -0.294 e. The fourth-order valence-corrected chi connectivity index (χ4v) is 1.21. The first kappa shape index (κ1) is 10.3. The Morgan fingerprint density at radius 1 is 1.38 bits per heavy atom. The molecule has 2 heteroatoms. The van der Waals surface area contributed by atoms with Crippen molar-refractivity contribution in [3.8, 4) is 0 Å². The maximum Gasteiger partial charge on any atom is 0.165 e. The Bertz CT molecular complexity index is 289. The van der Waals surface area contributed by atoms with Crippen LogP contribution in [0.2, 0.25) is 5.02 Å². The molecule has 0 N–H and O–H groups in total. The van der Waals surface area contributed by atoms with Gasteiger partial charge in [0, 0.05) is 16.5 Å². The van der Waals surface area contributed by atoms with Crippen LogP contribution in [-0.4, -0.2) is 5.78 Å². The van der Waals surface area contributed by atoms with Gasteiger partial charge in [-0.15, -0.1) is 0 Å². The molecule has 0 fully saturated rings. The van der Waals surface area contributed by atoms with Gasteiger partial charge in [0.05, 0.1) is 0 Å². The first-order valence-corrected chi connectivity index (χ1v) is 4.82. The van der Waals surface area contributed by atoms with Crippen LogP contribution in [0.3, 0.4) is 0 Å². The molecule has 1 atom stereocenters. The molecule has 0 heterocycles. The SMILES string of the molecule is CC[C@@H](C)C(=O)c1ccc(Cl)cc1. The lowest BCUT2D eigenvalue weighted by Crippen LogP contribution is -2.09. The predicted molar refractivity (Wildman–Crippen MR) is 55.2 cm³/mol. The van der Waals surface area contributed by atoms with E-state index in [2.05, 4.69) is 0 Å². The summed E-state index contributed by atoms with van der Waals surface area (Å²) in [6.45, 7) is 3.95. The molecule has 0 spiro atoms. The van der Waals surface area contributed by atoms with Crippen LogP contribution in [0, 0.1) is 5.92 Å². The van der Waals surface area contributed by atoms with E-state index in [1.807, 2.05) is 13.8 Å². The lowest BCUT2D eigenvalue weighted by Gasteiger charge is -2.06. The third-order valence-corrected chi connectivity index (χ3v) is 2.44. The molecule has 0 aliphatic heterocycles. The van der Waals surface area contributed by atoms with Gasteiger partial charge in [0.25, 0.3) is 0 Å². The van der Waals surface area contributed by atoms with Crippen LogP contribution in [0.4, 0.5) is 0 Å². The molecule has 0 amide bonds. The average molecular weight is 197 g/mol. The van der Waals surface area contributed by atoms with E-state index in [1.54, 1.807) is 24.3 Å². The van der Waals surface area contributed by atoms with E-state index in [9.17, 15) is 4.79 Å². The van der Waals surface area contributed by atoms with E-state index in [0.717, 1.165) is 12.0 Å². The normalized spacial score (nSPS) is 12.5. The standard InChI is InChI=1S/C11H13ClO/c1-3-8(2)11(13)9-4-6-10(12)7-5-9/h4-8H,3H2,1-2H3/t8-/m1/s1. The highest BCUT2D eigenvalue weighted by atomic mass is 35.5. The first-order valence-electron chi connectivity index (χ1n) is 4.45. The molecule has 0 saturated heterocycles. The van der Waals surface area contributed by atoms with Gasteiger partial charge >= 0.3 is 0 Å². The largest absolute Gasteiger partial charge is 0.294 e. The monoisotopic (exact) mass is 196 g/mol. The van der Waals surface area contributed by atoms with Crippen molar-refractivity contribution in [2.75, 3.05) is 0 Å². The summed E-state index contributed by atoms with van der Waals surface area (Å²) in [5, 5.41) is 0.667. The van der Waals surface area contributed by atoms with Crippen molar-refractivity contribution in [1.82, 2.24) is 0 Å². The molecule has 13 heavy (non-hydrogen) atoms. The van der Waals surface area contributed by atoms with Crippen molar-refractivity contribution in [2.24, 2.45) is 5.92 Å². The number of carbonyl (C=O) groups is 1. The fraction of sp³-hybridized carbons (Fsp3) is 0.364. The van der Waals surface area contributed by atoms with Crippen molar-refractivity contribution < 1.29 is 4.79 Å². The fourth-order valence-electron chi connectivity index (χ4n) is 1.08. The van der Waals surface area contributed by atoms with Gasteiger partial charge in [-0.2, -0.15) is 0 Å². The minimum atomic E-state index is 0.0983. The van der Waals surface area contributed by atoms with Crippen LogP contribution in [0.25, 0.3) is 0 Å². The first-order chi connectivity index (χ1) is 6.15. The molecule has 1 aromatic carbocycles. The molecule has 0 saturated carbocycles. The van der Waals surface area contributed by atoms with Crippen molar-refractivity contribution in [2.45, 2.75) is 20.3 Å². The molecule has 0 aliphatic rings. The van der Waals surface area contributed by atoms with Gasteiger partial charge in [0.2, 0.25) is 0 Å². The van der Waals surface area contributed by atoms with Crippen LogP contribution in [0.1, 0.15) is 30.6 Å². The number of hydrogen-bond donors (Lipinski definition) is 0. The maximum absolute atomic E-state index is 11.6. The summed E-state index contributed by atoms with van der Waals surface area (Å²) in [6.07, 6.45) is 0.876. The second-order valence-corrected chi connectivity index (χ2v) is 3.62. The predicted octanol–water partition coefficient (Wildman–Crippen LogP) is 3.57. The van der Waals surface area contributed by atoms with Crippen molar-refractivity contribution >= 4 is 17.4 Å². The van der Waals surface area contributed by atoms with Gasteiger partial charge in [-0.05, 0) is 30.7 Å². The van der Waals surface area contributed by atoms with Gasteiger partial charge in [0.15, 0.2) is 5.78 Å². The summed E-state index contributed by atoms with van der Waals surface area (Å²) in [5.74, 6) is 0.292. The van der Waals surface area contributed by atoms with Crippen LogP contribution in [-0.2, 0) is 0 Å². The molecule has 0 bridgehead atoms. The summed E-state index contributed by atoms with van der Waals surface area (Å²) >= 11 is 5.72. The maximum atomic E-state index is 11.6. The number of rotatable bonds is 3. The molecule has 0 aromatic heterocycles. The molecule has 0 radical (unpaired) electrons. The highest BCUT2D eigenvalue weighted by Crippen LogP contribution is 2.14. The van der Waals surface area contributed by atoms with Gasteiger partial charge in [-0.1, -0.05) is 25.4 Å². The van der Waals surface area contributed by atoms with Gasteiger partial charge < -0.3 is 0 Å². The molecular weight excluding hydrogens is 184 g/mol. The Labute approximate surface area is 83.7 Å². The summed E-state index contributed by atoms with van der Waals surface area (Å²) in [7, 11) is 0. The molecule has 1 nitrogen and oxygen atoms in total. The minimum absolute atomic E-state index is 0.0983. The van der Waals surface area contributed by atoms with E-state index in [0.29, 0.717) is 5.02 Å². The third kappa shape index (κ3) is 2.56. The summed E-state index contributed by atoms with van der Waals surface area (Å²) < 4.78 is 0. The zero-order valence-corrected chi connectivity index (χ0v) is 8.64. The molecule has 0 unspecified atom stereocenters. The smallest absolute Gasteiger partial charge is 0.165 e.